The van der Waals surface area contributed by atoms with E-state index in [-0.39, 0.29) is 6.04 Å². The number of hydrogen-bond acceptors (Lipinski definition) is 4. The van der Waals surface area contributed by atoms with Crippen molar-refractivity contribution in [2.24, 2.45) is 5.73 Å². The Morgan fingerprint density at radius 2 is 2.05 bits per heavy atom. The molecule has 0 saturated heterocycles. The van der Waals surface area contributed by atoms with E-state index in [4.69, 9.17) is 15.2 Å². The quantitative estimate of drug-likeness (QED) is 0.889. The monoisotopic (exact) mass is 280 g/mol. The van der Waals surface area contributed by atoms with Crippen molar-refractivity contribution in [2.75, 3.05) is 12.4 Å². The van der Waals surface area contributed by atoms with Crippen molar-refractivity contribution in [3.63, 3.8) is 0 Å². The first-order valence-corrected chi connectivity index (χ1v) is 6.64. The van der Waals surface area contributed by atoms with E-state index in [9.17, 15) is 4.79 Å². The van der Waals surface area contributed by atoms with Gasteiger partial charge in [0.2, 0.25) is 0 Å². The lowest BCUT2D eigenvalue weighted by Gasteiger charge is -2.20. The van der Waals surface area contributed by atoms with Crippen LogP contribution in [-0.4, -0.2) is 24.8 Å². The summed E-state index contributed by atoms with van der Waals surface area (Å²) < 4.78 is 10.5. The van der Waals surface area contributed by atoms with Crippen LogP contribution in [0, 0.1) is 0 Å². The minimum absolute atomic E-state index is 0.0145. The van der Waals surface area contributed by atoms with E-state index in [1.54, 1.807) is 13.2 Å². The van der Waals surface area contributed by atoms with Gasteiger partial charge in [0.1, 0.15) is 11.4 Å². The van der Waals surface area contributed by atoms with E-state index in [2.05, 4.69) is 5.32 Å². The lowest BCUT2D eigenvalue weighted by molar-refractivity contribution is 0.0636. The third-order valence-corrected chi connectivity index (χ3v) is 2.47. The van der Waals surface area contributed by atoms with Crippen LogP contribution in [0.15, 0.2) is 18.2 Å². The molecular weight excluding hydrogens is 256 g/mol. The fourth-order valence-electron chi connectivity index (χ4n) is 1.78. The Bertz CT molecular complexity index is 465. The summed E-state index contributed by atoms with van der Waals surface area (Å²) in [5.74, 6) is 0.761. The van der Waals surface area contributed by atoms with Crippen LogP contribution < -0.4 is 15.8 Å². The minimum atomic E-state index is -0.523. The summed E-state index contributed by atoms with van der Waals surface area (Å²) in [6.45, 7) is 7.39. The van der Waals surface area contributed by atoms with E-state index >= 15 is 0 Å². The highest BCUT2D eigenvalue weighted by molar-refractivity contribution is 5.85. The molecule has 0 unspecified atom stereocenters. The van der Waals surface area contributed by atoms with Crippen LogP contribution in [-0.2, 0) is 11.2 Å². The molecule has 0 fully saturated rings. The Labute approximate surface area is 120 Å². The van der Waals surface area contributed by atoms with Crippen LogP contribution in [0.1, 0.15) is 33.3 Å². The van der Waals surface area contributed by atoms with Gasteiger partial charge < -0.3 is 15.2 Å². The number of nitrogens with two attached hydrogens (primary N) is 1. The summed E-state index contributed by atoms with van der Waals surface area (Å²) in [6.07, 6.45) is 0.196. The van der Waals surface area contributed by atoms with Crippen molar-refractivity contribution < 1.29 is 14.3 Å². The summed E-state index contributed by atoms with van der Waals surface area (Å²) >= 11 is 0. The van der Waals surface area contributed by atoms with Crippen molar-refractivity contribution >= 4 is 11.8 Å². The molecule has 0 aliphatic heterocycles. The fourth-order valence-corrected chi connectivity index (χ4v) is 1.78. The Morgan fingerprint density at radius 1 is 1.40 bits per heavy atom. The summed E-state index contributed by atoms with van der Waals surface area (Å²) in [5.41, 5.74) is 6.91. The largest absolute Gasteiger partial charge is 0.496 e. The van der Waals surface area contributed by atoms with Crippen LogP contribution in [0.3, 0.4) is 0 Å². The van der Waals surface area contributed by atoms with Gasteiger partial charge in [-0.3, -0.25) is 5.32 Å². The maximum atomic E-state index is 11.7. The molecule has 0 saturated carbocycles. The molecular formula is C15H24N2O3. The van der Waals surface area contributed by atoms with Gasteiger partial charge in [0, 0.05) is 11.7 Å². The van der Waals surface area contributed by atoms with Crippen molar-refractivity contribution in [1.29, 1.82) is 0 Å². The number of carbonyl (C=O) groups excluding carboxylic acids is 1. The highest BCUT2D eigenvalue weighted by Crippen LogP contribution is 2.24. The Morgan fingerprint density at radius 3 is 2.55 bits per heavy atom. The lowest BCUT2D eigenvalue weighted by Crippen LogP contribution is -2.27. The predicted molar refractivity (Wildman–Crippen MR) is 80.2 cm³/mol. The Hall–Kier alpha value is -1.75. The molecule has 5 heteroatoms. The summed E-state index contributed by atoms with van der Waals surface area (Å²) in [6, 6.07) is 5.45. The normalized spacial score (nSPS) is 12.7. The molecule has 112 valence electrons. The molecule has 1 aromatic carbocycles. The Kier molecular flexibility index (Phi) is 5.39. The smallest absolute Gasteiger partial charge is 0.412 e. The van der Waals surface area contributed by atoms with Crippen molar-refractivity contribution in [3.8, 4) is 5.75 Å². The number of rotatable bonds is 4. The number of hydrogen-bond donors (Lipinski definition) is 2. The molecule has 1 amide bonds. The minimum Gasteiger partial charge on any atom is -0.496 e. The van der Waals surface area contributed by atoms with Gasteiger partial charge in [-0.15, -0.1) is 0 Å². The average Bonchev–Trinajstić information content (AvgIpc) is 2.25. The summed E-state index contributed by atoms with van der Waals surface area (Å²) in [4.78, 5) is 11.7. The second kappa shape index (κ2) is 6.61. The van der Waals surface area contributed by atoms with Gasteiger partial charge in [-0.2, -0.15) is 0 Å². The highest BCUT2D eigenvalue weighted by atomic mass is 16.6. The molecule has 0 aromatic heterocycles. The third-order valence-electron chi connectivity index (χ3n) is 2.47. The van der Waals surface area contributed by atoms with E-state index in [1.807, 2.05) is 39.8 Å². The molecule has 5 nitrogen and oxygen atoms in total. The van der Waals surface area contributed by atoms with Crippen LogP contribution in [0.4, 0.5) is 10.5 Å². The summed E-state index contributed by atoms with van der Waals surface area (Å²) in [5, 5.41) is 2.71. The topological polar surface area (TPSA) is 73.6 Å². The molecule has 0 heterocycles. The van der Waals surface area contributed by atoms with Crippen molar-refractivity contribution in [2.45, 2.75) is 45.8 Å². The van der Waals surface area contributed by atoms with Crippen molar-refractivity contribution in [3.05, 3.63) is 23.8 Å². The van der Waals surface area contributed by atoms with E-state index < -0.39 is 11.7 Å². The second-order valence-corrected chi connectivity index (χ2v) is 5.83. The first kappa shape index (κ1) is 16.3. The number of methoxy groups -OCH3 is 1. The fraction of sp³-hybridized carbons (Fsp3) is 0.533. The molecule has 0 spiro atoms. The van der Waals surface area contributed by atoms with E-state index in [1.165, 1.54) is 0 Å². The maximum absolute atomic E-state index is 11.7. The standard InChI is InChI=1S/C15H24N2O3/c1-10(16)8-11-9-12(6-7-13(11)19-5)17-14(18)20-15(2,3)4/h6-7,9-10H,8,16H2,1-5H3,(H,17,18)/t10-/m1/s1. The SMILES string of the molecule is COc1ccc(NC(=O)OC(C)(C)C)cc1C[C@@H](C)N. The van der Waals surface area contributed by atoms with Gasteiger partial charge in [0.15, 0.2) is 0 Å². The van der Waals surface area contributed by atoms with Crippen LogP contribution in [0.5, 0.6) is 5.75 Å². The van der Waals surface area contributed by atoms with Gasteiger partial charge in [-0.1, -0.05) is 0 Å². The number of benzene rings is 1. The molecule has 0 aliphatic carbocycles. The average molecular weight is 280 g/mol. The highest BCUT2D eigenvalue weighted by Gasteiger charge is 2.16. The van der Waals surface area contributed by atoms with Gasteiger partial charge in [0.05, 0.1) is 7.11 Å². The summed E-state index contributed by atoms with van der Waals surface area (Å²) in [7, 11) is 1.61. The zero-order chi connectivity index (χ0) is 15.3. The molecule has 1 atom stereocenters. The van der Waals surface area contributed by atoms with Crippen molar-refractivity contribution in [1.82, 2.24) is 0 Å². The van der Waals surface area contributed by atoms with Gasteiger partial charge in [-0.25, -0.2) is 4.79 Å². The zero-order valence-corrected chi connectivity index (χ0v) is 12.8. The first-order chi connectivity index (χ1) is 9.21. The molecule has 0 bridgehead atoms. The number of carbonyl (C=O) groups is 1. The Balaban J connectivity index is 2.83. The van der Waals surface area contributed by atoms with E-state index in [0.29, 0.717) is 12.1 Å². The van der Waals surface area contributed by atoms with Crippen LogP contribution in [0.2, 0.25) is 0 Å². The van der Waals surface area contributed by atoms with Gasteiger partial charge >= 0.3 is 6.09 Å². The van der Waals surface area contributed by atoms with Gasteiger partial charge in [-0.05, 0) is 57.9 Å². The molecule has 20 heavy (non-hydrogen) atoms. The maximum Gasteiger partial charge on any atom is 0.412 e. The number of amides is 1. The number of nitrogens with one attached hydrogen (secondary N) is 1. The van der Waals surface area contributed by atoms with Crippen LogP contribution >= 0.6 is 0 Å². The number of anilines is 1. The van der Waals surface area contributed by atoms with E-state index in [0.717, 1.165) is 11.3 Å². The number of ether oxygens (including phenoxy) is 2. The lowest BCUT2D eigenvalue weighted by atomic mass is 10.1. The zero-order valence-electron chi connectivity index (χ0n) is 12.8. The second-order valence-electron chi connectivity index (χ2n) is 5.83. The van der Waals surface area contributed by atoms with Gasteiger partial charge in [0.25, 0.3) is 0 Å². The van der Waals surface area contributed by atoms with Crippen LogP contribution in [0.25, 0.3) is 0 Å². The molecule has 0 aliphatic rings. The molecule has 1 aromatic rings. The molecule has 3 N–H and O–H groups in total. The molecule has 0 radical (unpaired) electrons. The molecule has 1 rings (SSSR count). The predicted octanol–water partition coefficient (Wildman–Crippen LogP) is 2.93. The first-order valence-electron chi connectivity index (χ1n) is 6.64. The third kappa shape index (κ3) is 5.48.